The van der Waals surface area contributed by atoms with Gasteiger partial charge in [-0.1, -0.05) is 18.2 Å². The van der Waals surface area contributed by atoms with Crippen LogP contribution in [0.1, 0.15) is 23.7 Å². The van der Waals surface area contributed by atoms with E-state index in [1.54, 1.807) is 30.3 Å². The summed E-state index contributed by atoms with van der Waals surface area (Å²) in [4.78, 5) is 16.8. The number of hydrazine groups is 1. The molecule has 1 heterocycles. The summed E-state index contributed by atoms with van der Waals surface area (Å²) >= 11 is 0. The molecule has 0 saturated carbocycles. The van der Waals surface area contributed by atoms with E-state index < -0.39 is 12.3 Å². The molecule has 1 aliphatic heterocycles. The second-order valence-corrected chi connectivity index (χ2v) is 4.09. The Kier molecular flexibility index (Phi) is 4.17. The van der Waals surface area contributed by atoms with Gasteiger partial charge in [0.05, 0.1) is 23.6 Å². The second-order valence-electron chi connectivity index (χ2n) is 4.09. The van der Waals surface area contributed by atoms with E-state index in [9.17, 15) is 10.0 Å². The molecular weight excluding hydrogens is 250 g/mol. The van der Waals surface area contributed by atoms with Gasteiger partial charge in [-0.2, -0.15) is 0 Å². The maximum absolute atomic E-state index is 11.7. The third-order valence-electron chi connectivity index (χ3n) is 2.62. The van der Waals surface area contributed by atoms with Gasteiger partial charge in [-0.05, 0) is 18.6 Å². The van der Waals surface area contributed by atoms with Gasteiger partial charge < -0.3 is 9.94 Å². The molecule has 0 radical (unpaired) electrons. The SMILES string of the molecule is CC(O/N=[N+](\[O-])N1CCC1)OC(=O)c1ccccc1. The minimum atomic E-state index is -0.926. The van der Waals surface area contributed by atoms with Crippen molar-refractivity contribution in [3.05, 3.63) is 41.1 Å². The zero-order chi connectivity index (χ0) is 13.7. The van der Waals surface area contributed by atoms with E-state index >= 15 is 0 Å². The maximum atomic E-state index is 11.7. The Morgan fingerprint density at radius 3 is 2.68 bits per heavy atom. The minimum absolute atomic E-state index is 0.371. The Bertz CT molecular complexity index is 459. The molecule has 1 aliphatic rings. The lowest BCUT2D eigenvalue weighted by molar-refractivity contribution is -0.724. The summed E-state index contributed by atoms with van der Waals surface area (Å²) in [6, 6.07) is 8.53. The van der Waals surface area contributed by atoms with Crippen LogP contribution in [0.5, 0.6) is 0 Å². The monoisotopic (exact) mass is 265 g/mol. The van der Waals surface area contributed by atoms with E-state index in [2.05, 4.69) is 5.28 Å². The van der Waals surface area contributed by atoms with Crippen molar-refractivity contribution in [3.8, 4) is 0 Å². The topological polar surface area (TPSA) is 77.2 Å². The second kappa shape index (κ2) is 6.03. The molecule has 7 heteroatoms. The molecule has 0 aromatic heterocycles. The first kappa shape index (κ1) is 13.1. The molecule has 0 spiro atoms. The highest BCUT2D eigenvalue weighted by Crippen LogP contribution is 2.08. The van der Waals surface area contributed by atoms with Gasteiger partial charge in [-0.25, -0.2) is 4.79 Å². The number of hydrogen-bond donors (Lipinski definition) is 0. The highest BCUT2D eigenvalue weighted by molar-refractivity contribution is 5.89. The van der Waals surface area contributed by atoms with Gasteiger partial charge in [0.1, 0.15) is 0 Å². The number of hydrogen-bond acceptors (Lipinski definition) is 5. The average molecular weight is 265 g/mol. The number of ether oxygens (including phenoxy) is 1. The van der Waals surface area contributed by atoms with E-state index in [1.165, 1.54) is 11.9 Å². The molecule has 2 rings (SSSR count). The smallest absolute Gasteiger partial charge is 0.341 e. The molecule has 19 heavy (non-hydrogen) atoms. The molecule has 0 N–H and O–H groups in total. The standard InChI is InChI=1S/C12H15N3O4/c1-10(19-13-15(17)14-8-5-9-14)18-12(16)11-6-3-2-4-7-11/h2-4,6-7,10H,5,8-9H2,1H3/b15-13-. The van der Waals surface area contributed by atoms with Crippen LogP contribution in [0.15, 0.2) is 35.6 Å². The third-order valence-corrected chi connectivity index (χ3v) is 2.62. The first-order chi connectivity index (χ1) is 9.16. The summed E-state index contributed by atoms with van der Waals surface area (Å²) in [6.45, 7) is 2.82. The molecule has 102 valence electrons. The molecule has 1 aromatic carbocycles. The van der Waals surface area contributed by atoms with Gasteiger partial charge in [0.25, 0.3) is 6.29 Å². The summed E-state index contributed by atoms with van der Waals surface area (Å²) < 4.78 is 4.98. The number of carbonyl (C=O) groups excluding carboxylic acids is 1. The van der Waals surface area contributed by atoms with Gasteiger partial charge in [0, 0.05) is 6.92 Å². The Labute approximate surface area is 110 Å². The maximum Gasteiger partial charge on any atom is 0.341 e. The van der Waals surface area contributed by atoms with Crippen molar-refractivity contribution in [3.63, 3.8) is 0 Å². The van der Waals surface area contributed by atoms with Crippen LogP contribution in [0.25, 0.3) is 0 Å². The van der Waals surface area contributed by atoms with E-state index in [-0.39, 0.29) is 0 Å². The van der Waals surface area contributed by atoms with Gasteiger partial charge in [0.15, 0.2) is 0 Å². The fourth-order valence-electron chi connectivity index (χ4n) is 1.44. The van der Waals surface area contributed by atoms with Crippen LogP contribution in [0.3, 0.4) is 0 Å². The lowest BCUT2D eigenvalue weighted by Gasteiger charge is -2.25. The van der Waals surface area contributed by atoms with E-state index in [0.29, 0.717) is 23.6 Å². The summed E-state index contributed by atoms with van der Waals surface area (Å²) in [6.07, 6.45) is 0.0396. The van der Waals surface area contributed by atoms with Crippen LogP contribution >= 0.6 is 0 Å². The Morgan fingerprint density at radius 2 is 2.11 bits per heavy atom. The minimum Gasteiger partial charge on any atom is -0.569 e. The molecule has 1 atom stereocenters. The number of nitrogens with zero attached hydrogens (tertiary/aromatic N) is 3. The summed E-state index contributed by atoms with van der Waals surface area (Å²) in [5.74, 6) is -0.523. The molecular formula is C12H15N3O4. The fraction of sp³-hybridized carbons (Fsp3) is 0.417. The quantitative estimate of drug-likeness (QED) is 0.266. The van der Waals surface area contributed by atoms with Crippen molar-refractivity contribution in [2.45, 2.75) is 19.6 Å². The molecule has 1 aromatic rings. The first-order valence-corrected chi connectivity index (χ1v) is 6.02. The zero-order valence-electron chi connectivity index (χ0n) is 10.6. The predicted molar refractivity (Wildman–Crippen MR) is 64.6 cm³/mol. The van der Waals surface area contributed by atoms with Gasteiger partial charge in [0.2, 0.25) is 5.28 Å². The molecule has 1 fully saturated rings. The lowest BCUT2D eigenvalue weighted by Crippen LogP contribution is -2.42. The molecule has 7 nitrogen and oxygen atoms in total. The normalized spacial score (nSPS) is 16.5. The molecule has 0 bridgehead atoms. The van der Waals surface area contributed by atoms with Crippen molar-refractivity contribution >= 4 is 5.97 Å². The van der Waals surface area contributed by atoms with Crippen molar-refractivity contribution in [2.24, 2.45) is 5.28 Å². The zero-order valence-corrected chi connectivity index (χ0v) is 10.6. The van der Waals surface area contributed by atoms with Crippen LogP contribution in [0, 0.1) is 5.21 Å². The largest absolute Gasteiger partial charge is 0.569 e. The van der Waals surface area contributed by atoms with Crippen LogP contribution < -0.4 is 0 Å². The van der Waals surface area contributed by atoms with E-state index in [1.807, 2.05) is 0 Å². The number of benzene rings is 1. The third kappa shape index (κ3) is 3.57. The van der Waals surface area contributed by atoms with Gasteiger partial charge in [-0.15, -0.1) is 5.01 Å². The highest BCUT2D eigenvalue weighted by Gasteiger charge is 2.22. The van der Waals surface area contributed by atoms with Crippen molar-refractivity contribution < 1.29 is 19.3 Å². The Hall–Kier alpha value is -2.31. The summed E-state index contributed by atoms with van der Waals surface area (Å²) in [5, 5.41) is 16.1. The summed E-state index contributed by atoms with van der Waals surface area (Å²) in [5.41, 5.74) is 0.416. The number of carbonyl (C=O) groups is 1. The number of rotatable bonds is 5. The highest BCUT2D eigenvalue weighted by atomic mass is 16.8. The van der Waals surface area contributed by atoms with E-state index in [0.717, 1.165) is 6.42 Å². The fourth-order valence-corrected chi connectivity index (χ4v) is 1.44. The predicted octanol–water partition coefficient (Wildman–Crippen LogP) is 1.70. The van der Waals surface area contributed by atoms with Crippen LogP contribution in [-0.4, -0.2) is 35.3 Å². The van der Waals surface area contributed by atoms with Crippen LogP contribution in [0.4, 0.5) is 0 Å². The van der Waals surface area contributed by atoms with Crippen LogP contribution in [0.2, 0.25) is 0 Å². The van der Waals surface area contributed by atoms with E-state index in [4.69, 9.17) is 9.57 Å². The van der Waals surface area contributed by atoms with Gasteiger partial charge >= 0.3 is 5.97 Å². The average Bonchev–Trinajstić information content (AvgIpc) is 2.35. The molecule has 1 saturated heterocycles. The van der Waals surface area contributed by atoms with Crippen molar-refractivity contribution in [1.82, 2.24) is 5.01 Å². The number of esters is 1. The Morgan fingerprint density at radius 1 is 1.42 bits per heavy atom. The molecule has 0 aliphatic carbocycles. The van der Waals surface area contributed by atoms with Crippen molar-refractivity contribution in [2.75, 3.05) is 13.1 Å². The molecule has 0 amide bonds. The molecule has 1 unspecified atom stereocenters. The van der Waals surface area contributed by atoms with Crippen molar-refractivity contribution in [1.29, 1.82) is 0 Å². The Balaban J connectivity index is 1.81. The lowest BCUT2D eigenvalue weighted by atomic mass is 10.2. The summed E-state index contributed by atoms with van der Waals surface area (Å²) in [7, 11) is 0. The van der Waals surface area contributed by atoms with Crippen LogP contribution in [-0.2, 0) is 9.57 Å². The van der Waals surface area contributed by atoms with Gasteiger partial charge in [-0.3, -0.25) is 4.84 Å². The first-order valence-electron chi connectivity index (χ1n) is 6.02.